The summed E-state index contributed by atoms with van der Waals surface area (Å²) in [6, 6.07) is 8.50. The molecule has 1 aromatic carbocycles. The first-order valence-electron chi connectivity index (χ1n) is 7.76. The van der Waals surface area contributed by atoms with Gasteiger partial charge in [-0.05, 0) is 44.6 Å². The van der Waals surface area contributed by atoms with E-state index < -0.39 is 0 Å². The van der Waals surface area contributed by atoms with Crippen LogP contribution in [-0.4, -0.2) is 23.6 Å². The van der Waals surface area contributed by atoms with Crippen LogP contribution in [0.2, 0.25) is 0 Å². The minimum Gasteiger partial charge on any atom is -0.370 e. The van der Waals surface area contributed by atoms with E-state index in [9.17, 15) is 0 Å². The second kappa shape index (κ2) is 5.00. The Balaban J connectivity index is 1.79. The van der Waals surface area contributed by atoms with E-state index >= 15 is 0 Å². The Hall–Kier alpha value is -0.510. The highest BCUT2D eigenvalue weighted by Crippen LogP contribution is 2.61. The molecule has 2 heterocycles. The molecule has 2 fully saturated rings. The fourth-order valence-electron chi connectivity index (χ4n) is 4.16. The van der Waals surface area contributed by atoms with Gasteiger partial charge in [0, 0.05) is 10.3 Å². The van der Waals surface area contributed by atoms with Crippen molar-refractivity contribution < 1.29 is 9.47 Å². The summed E-state index contributed by atoms with van der Waals surface area (Å²) in [6.07, 6.45) is 4.50. The van der Waals surface area contributed by atoms with Crippen LogP contribution in [0.1, 0.15) is 46.1 Å². The molecule has 2 bridgehead atoms. The lowest BCUT2D eigenvalue weighted by atomic mass is 9.64. The van der Waals surface area contributed by atoms with Gasteiger partial charge in [0.15, 0.2) is 0 Å². The van der Waals surface area contributed by atoms with Gasteiger partial charge in [0.25, 0.3) is 0 Å². The van der Waals surface area contributed by atoms with Crippen LogP contribution in [0.15, 0.2) is 29.2 Å². The Morgan fingerprint density at radius 2 is 1.90 bits per heavy atom. The molecule has 1 aromatic rings. The zero-order valence-electron chi connectivity index (χ0n) is 13.7. The number of hydrogen-bond donors (Lipinski definition) is 0. The second-order valence-corrected chi connectivity index (χ2v) is 8.22. The van der Waals surface area contributed by atoms with E-state index in [0.717, 1.165) is 12.8 Å². The molecule has 0 radical (unpaired) electrons. The van der Waals surface area contributed by atoms with E-state index in [4.69, 9.17) is 9.47 Å². The van der Waals surface area contributed by atoms with Gasteiger partial charge in [-0.25, -0.2) is 0 Å². The zero-order valence-corrected chi connectivity index (χ0v) is 14.5. The number of thioether (sulfide) groups is 1. The molecule has 2 aliphatic rings. The Kier molecular flexibility index (Phi) is 3.67. The van der Waals surface area contributed by atoms with Gasteiger partial charge in [-0.1, -0.05) is 32.0 Å². The lowest BCUT2D eigenvalue weighted by Crippen LogP contribution is -2.50. The molecular formula is C18H26O2S. The Labute approximate surface area is 132 Å². The summed E-state index contributed by atoms with van der Waals surface area (Å²) in [6.45, 7) is 9.72. The molecule has 3 atom stereocenters. The average molecular weight is 306 g/mol. The summed E-state index contributed by atoms with van der Waals surface area (Å²) in [5.74, 6) is 0. The minimum atomic E-state index is -0.132. The van der Waals surface area contributed by atoms with Crippen molar-refractivity contribution in [2.24, 2.45) is 5.41 Å². The van der Waals surface area contributed by atoms with Crippen molar-refractivity contribution in [2.75, 3.05) is 6.26 Å². The molecule has 0 saturated carbocycles. The van der Waals surface area contributed by atoms with Crippen molar-refractivity contribution in [2.45, 2.75) is 69.3 Å². The second-order valence-electron chi connectivity index (χ2n) is 7.37. The van der Waals surface area contributed by atoms with E-state index in [0.29, 0.717) is 6.61 Å². The lowest BCUT2D eigenvalue weighted by molar-refractivity contribution is -0.0898. The monoisotopic (exact) mass is 306 g/mol. The Morgan fingerprint density at radius 1 is 1.19 bits per heavy atom. The maximum Gasteiger partial charge on any atom is 0.0944 e. The Morgan fingerprint density at radius 3 is 2.52 bits per heavy atom. The van der Waals surface area contributed by atoms with Crippen molar-refractivity contribution in [3.05, 3.63) is 29.8 Å². The number of hydrogen-bond acceptors (Lipinski definition) is 3. The summed E-state index contributed by atoms with van der Waals surface area (Å²) < 4.78 is 12.8. The summed E-state index contributed by atoms with van der Waals surface area (Å²) in [4.78, 5) is 1.30. The maximum absolute atomic E-state index is 6.41. The van der Waals surface area contributed by atoms with E-state index in [-0.39, 0.29) is 22.7 Å². The van der Waals surface area contributed by atoms with E-state index in [1.807, 2.05) is 0 Å². The van der Waals surface area contributed by atoms with E-state index in [2.05, 4.69) is 58.2 Å². The van der Waals surface area contributed by atoms with Gasteiger partial charge >= 0.3 is 0 Å². The molecule has 0 aliphatic carbocycles. The summed E-state index contributed by atoms with van der Waals surface area (Å²) in [5.41, 5.74) is 1.14. The summed E-state index contributed by atoms with van der Waals surface area (Å²) in [7, 11) is 0. The first-order chi connectivity index (χ1) is 9.82. The molecule has 3 unspecified atom stereocenters. The molecular weight excluding hydrogens is 280 g/mol. The van der Waals surface area contributed by atoms with Crippen LogP contribution in [-0.2, 0) is 16.1 Å². The predicted molar refractivity (Wildman–Crippen MR) is 87.7 cm³/mol. The minimum absolute atomic E-state index is 0.0499. The molecule has 21 heavy (non-hydrogen) atoms. The molecule has 0 aromatic heterocycles. The fraction of sp³-hybridized carbons (Fsp3) is 0.667. The third-order valence-electron chi connectivity index (χ3n) is 5.73. The van der Waals surface area contributed by atoms with Crippen LogP contribution < -0.4 is 0 Å². The quantitative estimate of drug-likeness (QED) is 0.754. The van der Waals surface area contributed by atoms with E-state index in [1.165, 1.54) is 10.5 Å². The van der Waals surface area contributed by atoms with Crippen LogP contribution >= 0.6 is 11.8 Å². The number of ether oxygens (including phenoxy) is 2. The maximum atomic E-state index is 6.41. The predicted octanol–water partition coefficient (Wildman–Crippen LogP) is 4.66. The Bertz CT molecular complexity index is 542. The van der Waals surface area contributed by atoms with Crippen LogP contribution in [0.5, 0.6) is 0 Å². The van der Waals surface area contributed by atoms with Crippen molar-refractivity contribution in [3.63, 3.8) is 0 Å². The number of rotatable bonds is 4. The van der Waals surface area contributed by atoms with E-state index in [1.54, 1.807) is 11.8 Å². The number of benzene rings is 1. The van der Waals surface area contributed by atoms with Gasteiger partial charge in [0.2, 0.25) is 0 Å². The van der Waals surface area contributed by atoms with Crippen molar-refractivity contribution in [1.82, 2.24) is 0 Å². The van der Waals surface area contributed by atoms with Crippen LogP contribution in [0.4, 0.5) is 0 Å². The van der Waals surface area contributed by atoms with Crippen molar-refractivity contribution in [1.29, 1.82) is 0 Å². The van der Waals surface area contributed by atoms with Crippen molar-refractivity contribution in [3.8, 4) is 0 Å². The van der Waals surface area contributed by atoms with Gasteiger partial charge in [-0.3, -0.25) is 0 Å². The molecule has 0 spiro atoms. The third-order valence-corrected chi connectivity index (χ3v) is 6.57. The molecule has 2 aliphatic heterocycles. The summed E-state index contributed by atoms with van der Waals surface area (Å²) >= 11 is 1.78. The highest BCUT2D eigenvalue weighted by Gasteiger charge is 2.68. The van der Waals surface area contributed by atoms with Gasteiger partial charge in [0.1, 0.15) is 0 Å². The van der Waals surface area contributed by atoms with Crippen LogP contribution in [0, 0.1) is 5.41 Å². The molecule has 0 N–H and O–H groups in total. The highest BCUT2D eigenvalue weighted by atomic mass is 32.2. The van der Waals surface area contributed by atoms with Crippen LogP contribution in [0.3, 0.4) is 0 Å². The molecule has 3 rings (SSSR count). The van der Waals surface area contributed by atoms with Gasteiger partial charge in [-0.2, -0.15) is 0 Å². The number of fused-ring (bicyclic) bond motifs is 2. The van der Waals surface area contributed by atoms with Gasteiger partial charge in [0.05, 0.1) is 23.9 Å². The van der Waals surface area contributed by atoms with Crippen LogP contribution in [0.25, 0.3) is 0 Å². The van der Waals surface area contributed by atoms with Crippen molar-refractivity contribution >= 4 is 11.8 Å². The smallest absolute Gasteiger partial charge is 0.0944 e. The largest absolute Gasteiger partial charge is 0.370 e. The topological polar surface area (TPSA) is 18.5 Å². The third kappa shape index (κ3) is 2.25. The normalized spacial score (nSPS) is 37.1. The zero-order chi connectivity index (χ0) is 15.3. The molecule has 116 valence electrons. The van der Waals surface area contributed by atoms with Gasteiger partial charge in [-0.15, -0.1) is 11.8 Å². The highest BCUT2D eigenvalue weighted by molar-refractivity contribution is 7.98. The molecule has 2 saturated heterocycles. The first-order valence-corrected chi connectivity index (χ1v) is 8.99. The standard InChI is InChI=1S/C18H26O2S/c1-16(2)15(17(3)10-11-18(16,4)20-17)19-12-13-8-6-7-9-14(13)21-5/h6-9,15H,10-12H2,1-5H3. The first kappa shape index (κ1) is 15.4. The average Bonchev–Trinajstić information content (AvgIpc) is 2.83. The lowest BCUT2D eigenvalue weighted by Gasteiger charge is -2.43. The fourth-order valence-corrected chi connectivity index (χ4v) is 4.77. The summed E-state index contributed by atoms with van der Waals surface area (Å²) in [5, 5.41) is 0. The van der Waals surface area contributed by atoms with Gasteiger partial charge < -0.3 is 9.47 Å². The molecule has 3 heteroatoms. The SMILES string of the molecule is CSc1ccccc1COC1C2(C)CCC(C)(O2)C1(C)C. The molecule has 2 nitrogen and oxygen atoms in total. The molecule has 0 amide bonds.